The highest BCUT2D eigenvalue weighted by Gasteiger charge is 2.20. The molecule has 3 aromatic heterocycles. The van der Waals surface area contributed by atoms with E-state index in [1.165, 1.54) is 5.56 Å². The monoisotopic (exact) mass is 407 g/mol. The van der Waals surface area contributed by atoms with E-state index in [1.807, 2.05) is 30.5 Å². The molecule has 0 radical (unpaired) electrons. The van der Waals surface area contributed by atoms with Gasteiger partial charge in [-0.3, -0.25) is 4.90 Å². The van der Waals surface area contributed by atoms with Crippen molar-refractivity contribution in [2.24, 2.45) is 0 Å². The first-order chi connectivity index (χ1) is 10.8. The molecule has 5 nitrogen and oxygen atoms in total. The molecule has 0 unspecified atom stereocenters. The van der Waals surface area contributed by atoms with E-state index in [9.17, 15) is 0 Å². The molecule has 1 aliphatic rings. The van der Waals surface area contributed by atoms with Crippen molar-refractivity contribution in [2.45, 2.75) is 19.5 Å². The molecule has 0 aliphatic carbocycles. The van der Waals surface area contributed by atoms with E-state index in [1.54, 1.807) is 6.26 Å². The van der Waals surface area contributed by atoms with Crippen molar-refractivity contribution in [2.75, 3.05) is 6.54 Å². The van der Waals surface area contributed by atoms with Crippen LogP contribution in [-0.2, 0) is 19.5 Å². The number of hydrogen-bond acceptors (Lipinski definition) is 5. The van der Waals surface area contributed by atoms with E-state index in [0.29, 0.717) is 5.82 Å². The highest BCUT2D eigenvalue weighted by atomic mass is 127. The number of nitrogens with zero attached hydrogens (tertiary/aromatic N) is 3. The van der Waals surface area contributed by atoms with Gasteiger partial charge < -0.3 is 8.83 Å². The second-order valence-corrected chi connectivity index (χ2v) is 6.37. The molecule has 112 valence electrons. The fourth-order valence-corrected chi connectivity index (χ4v) is 3.15. The summed E-state index contributed by atoms with van der Waals surface area (Å²) in [4.78, 5) is 11.4. The quantitative estimate of drug-likeness (QED) is 0.623. The largest absolute Gasteiger partial charge is 0.461 e. The van der Waals surface area contributed by atoms with E-state index >= 15 is 0 Å². The summed E-state index contributed by atoms with van der Waals surface area (Å²) in [6.07, 6.45) is 4.48. The second-order valence-electron chi connectivity index (χ2n) is 5.31. The molecule has 3 aromatic rings. The van der Waals surface area contributed by atoms with Crippen LogP contribution in [0.25, 0.3) is 11.6 Å². The number of furan rings is 2. The van der Waals surface area contributed by atoms with Crippen LogP contribution in [-0.4, -0.2) is 21.4 Å². The molecule has 0 bridgehead atoms. The normalized spacial score (nSPS) is 15.0. The SMILES string of the molecule is Ic1ccc(CN2CCc3nc(-c4ccco4)ncc3C2)o1. The lowest BCUT2D eigenvalue weighted by Crippen LogP contribution is -2.30. The number of hydrogen-bond donors (Lipinski definition) is 0. The fourth-order valence-electron chi connectivity index (χ4n) is 2.69. The number of rotatable bonds is 3. The van der Waals surface area contributed by atoms with Gasteiger partial charge in [-0.2, -0.15) is 0 Å². The standard InChI is InChI=1S/C16H14IN3O2/c17-15-4-3-12(22-15)10-20-6-5-13-11(9-20)8-18-16(19-13)14-2-1-7-21-14/h1-4,7-8H,5-6,9-10H2. The first kappa shape index (κ1) is 14.0. The van der Waals surface area contributed by atoms with Crippen molar-refractivity contribution in [1.82, 2.24) is 14.9 Å². The zero-order valence-electron chi connectivity index (χ0n) is 11.8. The first-order valence-corrected chi connectivity index (χ1v) is 8.21. The van der Waals surface area contributed by atoms with Gasteiger partial charge in [-0.25, -0.2) is 9.97 Å². The van der Waals surface area contributed by atoms with Gasteiger partial charge in [0.1, 0.15) is 5.76 Å². The number of halogens is 1. The smallest absolute Gasteiger partial charge is 0.195 e. The van der Waals surface area contributed by atoms with Crippen LogP contribution in [0.3, 0.4) is 0 Å². The second kappa shape index (κ2) is 5.85. The van der Waals surface area contributed by atoms with Crippen molar-refractivity contribution >= 4 is 22.6 Å². The molecule has 0 saturated heterocycles. The van der Waals surface area contributed by atoms with Crippen molar-refractivity contribution in [1.29, 1.82) is 0 Å². The molecule has 0 N–H and O–H groups in total. The maximum absolute atomic E-state index is 5.64. The lowest BCUT2D eigenvalue weighted by molar-refractivity contribution is 0.222. The Morgan fingerprint density at radius 3 is 3.00 bits per heavy atom. The van der Waals surface area contributed by atoms with Crippen molar-refractivity contribution < 1.29 is 8.83 Å². The van der Waals surface area contributed by atoms with Gasteiger partial charge in [-0.1, -0.05) is 0 Å². The van der Waals surface area contributed by atoms with E-state index in [2.05, 4.69) is 37.5 Å². The van der Waals surface area contributed by atoms with Crippen LogP contribution >= 0.6 is 22.6 Å². The van der Waals surface area contributed by atoms with Crippen LogP contribution in [0.1, 0.15) is 17.0 Å². The van der Waals surface area contributed by atoms with E-state index < -0.39 is 0 Å². The molecular formula is C16H14IN3O2. The highest BCUT2D eigenvalue weighted by molar-refractivity contribution is 14.1. The summed E-state index contributed by atoms with van der Waals surface area (Å²) in [5.74, 6) is 2.38. The van der Waals surface area contributed by atoms with E-state index in [-0.39, 0.29) is 0 Å². The minimum Gasteiger partial charge on any atom is -0.461 e. The van der Waals surface area contributed by atoms with Gasteiger partial charge in [0.25, 0.3) is 0 Å². The molecule has 0 amide bonds. The topological polar surface area (TPSA) is 55.3 Å². The lowest BCUT2D eigenvalue weighted by atomic mass is 10.1. The van der Waals surface area contributed by atoms with E-state index in [4.69, 9.17) is 8.83 Å². The summed E-state index contributed by atoms with van der Waals surface area (Å²) in [6.45, 7) is 2.65. The van der Waals surface area contributed by atoms with E-state index in [0.717, 1.165) is 47.0 Å². The van der Waals surface area contributed by atoms with Gasteiger partial charge in [0, 0.05) is 31.3 Å². The predicted octanol–water partition coefficient (Wildman–Crippen LogP) is 3.49. The average Bonchev–Trinajstić information content (AvgIpc) is 3.19. The molecule has 22 heavy (non-hydrogen) atoms. The average molecular weight is 407 g/mol. The number of aromatic nitrogens is 2. The summed E-state index contributed by atoms with van der Waals surface area (Å²) >= 11 is 2.19. The Bertz CT molecular complexity index is 783. The Morgan fingerprint density at radius 1 is 1.27 bits per heavy atom. The minimum atomic E-state index is 0.665. The van der Waals surface area contributed by atoms with Gasteiger partial charge >= 0.3 is 0 Å². The van der Waals surface area contributed by atoms with Crippen molar-refractivity contribution in [3.8, 4) is 11.6 Å². The van der Waals surface area contributed by atoms with Gasteiger partial charge in [-0.05, 0) is 46.9 Å². The predicted molar refractivity (Wildman–Crippen MR) is 89.0 cm³/mol. The van der Waals surface area contributed by atoms with Crippen LogP contribution in [0, 0.1) is 3.77 Å². The van der Waals surface area contributed by atoms with Crippen molar-refractivity contribution in [3.05, 3.63) is 57.5 Å². The molecule has 0 saturated carbocycles. The molecule has 0 aromatic carbocycles. The van der Waals surface area contributed by atoms with Crippen LogP contribution in [0.5, 0.6) is 0 Å². The fraction of sp³-hybridized carbons (Fsp3) is 0.250. The summed E-state index contributed by atoms with van der Waals surface area (Å²) in [7, 11) is 0. The van der Waals surface area contributed by atoms with Crippen LogP contribution < -0.4 is 0 Å². The maximum atomic E-state index is 5.64. The molecule has 1 aliphatic heterocycles. The molecule has 0 atom stereocenters. The third kappa shape index (κ3) is 2.80. The van der Waals surface area contributed by atoms with Crippen LogP contribution in [0.2, 0.25) is 0 Å². The first-order valence-electron chi connectivity index (χ1n) is 7.13. The zero-order valence-corrected chi connectivity index (χ0v) is 14.0. The Labute approximate surface area is 141 Å². The van der Waals surface area contributed by atoms with Crippen LogP contribution in [0.15, 0.2) is 45.6 Å². The number of fused-ring (bicyclic) bond motifs is 1. The molecule has 6 heteroatoms. The summed E-state index contributed by atoms with van der Waals surface area (Å²) in [6, 6.07) is 7.76. The van der Waals surface area contributed by atoms with Crippen molar-refractivity contribution in [3.63, 3.8) is 0 Å². The highest BCUT2D eigenvalue weighted by Crippen LogP contribution is 2.22. The Morgan fingerprint density at radius 2 is 2.23 bits per heavy atom. The molecule has 0 spiro atoms. The van der Waals surface area contributed by atoms with Gasteiger partial charge in [0.2, 0.25) is 0 Å². The lowest BCUT2D eigenvalue weighted by Gasteiger charge is -2.27. The zero-order chi connectivity index (χ0) is 14.9. The maximum Gasteiger partial charge on any atom is 0.195 e. The van der Waals surface area contributed by atoms with Gasteiger partial charge in [-0.15, -0.1) is 0 Å². The third-order valence-electron chi connectivity index (χ3n) is 3.76. The van der Waals surface area contributed by atoms with Gasteiger partial charge in [0.05, 0.1) is 18.5 Å². The Balaban J connectivity index is 1.52. The summed E-state index contributed by atoms with van der Waals surface area (Å²) in [5.41, 5.74) is 2.30. The molecule has 0 fully saturated rings. The summed E-state index contributed by atoms with van der Waals surface area (Å²) in [5, 5.41) is 0. The molecular weight excluding hydrogens is 393 g/mol. The van der Waals surface area contributed by atoms with Crippen LogP contribution in [0.4, 0.5) is 0 Å². The van der Waals surface area contributed by atoms with Gasteiger partial charge in [0.15, 0.2) is 15.4 Å². The minimum absolute atomic E-state index is 0.665. The Hall–Kier alpha value is -1.67. The summed E-state index contributed by atoms with van der Waals surface area (Å²) < 4.78 is 11.9. The molecule has 4 rings (SSSR count). The third-order valence-corrected chi connectivity index (χ3v) is 4.34. The Kier molecular flexibility index (Phi) is 3.71. The molecule has 4 heterocycles.